The molecule has 2 fully saturated rings. The van der Waals surface area contributed by atoms with Crippen molar-refractivity contribution in [1.82, 2.24) is 25.2 Å². The number of aromatic nitrogens is 3. The number of hydrogen-bond acceptors (Lipinski definition) is 4. The number of carbonyl (C=O) groups is 1. The summed E-state index contributed by atoms with van der Waals surface area (Å²) in [6, 6.07) is 6.72. The summed E-state index contributed by atoms with van der Waals surface area (Å²) in [6.45, 7) is 4.67. The first-order valence-electron chi connectivity index (χ1n) is 9.32. The zero-order valence-corrected chi connectivity index (χ0v) is 16.2. The van der Waals surface area contributed by atoms with Crippen LogP contribution in [0.3, 0.4) is 0 Å². The average Bonchev–Trinajstić information content (AvgIpc) is 3.29. The van der Waals surface area contributed by atoms with E-state index in [1.807, 2.05) is 15.6 Å². The molecule has 1 N–H and O–H groups in total. The molecule has 1 aromatic carbocycles. The second-order valence-corrected chi connectivity index (χ2v) is 7.33. The number of rotatable bonds is 3. The van der Waals surface area contributed by atoms with Gasteiger partial charge in [-0.15, -0.1) is 17.5 Å². The van der Waals surface area contributed by atoms with Gasteiger partial charge in [-0.2, -0.15) is 0 Å². The lowest BCUT2D eigenvalue weighted by molar-refractivity contribution is 0.0714. The molecular weight excluding hydrogens is 369 g/mol. The van der Waals surface area contributed by atoms with Crippen molar-refractivity contribution in [3.05, 3.63) is 47.5 Å². The predicted octanol–water partition coefficient (Wildman–Crippen LogP) is 2.99. The van der Waals surface area contributed by atoms with Gasteiger partial charge in [-0.1, -0.05) is 24.3 Å². The highest BCUT2D eigenvalue weighted by atomic mass is 35.5. The maximum atomic E-state index is 13.7. The van der Waals surface area contributed by atoms with Gasteiger partial charge in [0.25, 0.3) is 5.91 Å². The van der Waals surface area contributed by atoms with Gasteiger partial charge in [-0.25, -0.2) is 9.07 Å². The maximum Gasteiger partial charge on any atom is 0.276 e. The fourth-order valence-electron chi connectivity index (χ4n) is 4.15. The Labute approximate surface area is 164 Å². The Bertz CT molecular complexity index is 792. The van der Waals surface area contributed by atoms with E-state index in [0.29, 0.717) is 18.3 Å². The van der Waals surface area contributed by atoms with Crippen LogP contribution in [0.5, 0.6) is 0 Å². The molecular formula is C19H25ClFN5O. The Kier molecular flexibility index (Phi) is 6.11. The average molecular weight is 394 g/mol. The summed E-state index contributed by atoms with van der Waals surface area (Å²) >= 11 is 0. The summed E-state index contributed by atoms with van der Waals surface area (Å²) in [6.07, 6.45) is 4.65. The van der Waals surface area contributed by atoms with E-state index in [1.165, 1.54) is 12.1 Å². The van der Waals surface area contributed by atoms with Crippen molar-refractivity contribution < 1.29 is 9.18 Å². The fourth-order valence-corrected chi connectivity index (χ4v) is 4.15. The van der Waals surface area contributed by atoms with Crippen molar-refractivity contribution in [3.63, 3.8) is 0 Å². The molecule has 1 aromatic heterocycles. The maximum absolute atomic E-state index is 13.7. The number of halogens is 2. The number of carbonyl (C=O) groups excluding carboxylic acids is 1. The van der Waals surface area contributed by atoms with Crippen LogP contribution in [0.4, 0.5) is 4.39 Å². The molecule has 1 amide bonds. The van der Waals surface area contributed by atoms with Crippen LogP contribution in [0.1, 0.15) is 54.3 Å². The SMILES string of the molecule is CC1CCN(C(=O)c2cn(C3CCNCC3)nn2)C1c1cccc(F)c1.Cl. The van der Waals surface area contributed by atoms with Crippen molar-refractivity contribution in [1.29, 1.82) is 0 Å². The molecule has 2 unspecified atom stereocenters. The quantitative estimate of drug-likeness (QED) is 0.870. The minimum Gasteiger partial charge on any atom is -0.330 e. The molecule has 8 heteroatoms. The summed E-state index contributed by atoms with van der Waals surface area (Å²) < 4.78 is 15.5. The third-order valence-corrected chi connectivity index (χ3v) is 5.56. The highest BCUT2D eigenvalue weighted by molar-refractivity contribution is 5.92. The van der Waals surface area contributed by atoms with Crippen molar-refractivity contribution in [2.75, 3.05) is 19.6 Å². The number of hydrogen-bond donors (Lipinski definition) is 1. The molecule has 0 saturated carbocycles. The lowest BCUT2D eigenvalue weighted by Gasteiger charge is -2.27. The van der Waals surface area contributed by atoms with Gasteiger partial charge in [0.1, 0.15) is 5.82 Å². The molecule has 0 aliphatic carbocycles. The van der Waals surface area contributed by atoms with E-state index in [1.54, 1.807) is 12.3 Å². The van der Waals surface area contributed by atoms with Crippen LogP contribution in [0.2, 0.25) is 0 Å². The molecule has 146 valence electrons. The lowest BCUT2D eigenvalue weighted by atomic mass is 9.95. The van der Waals surface area contributed by atoms with E-state index in [9.17, 15) is 9.18 Å². The van der Waals surface area contributed by atoms with Gasteiger partial charge in [-0.05, 0) is 56.0 Å². The van der Waals surface area contributed by atoms with E-state index < -0.39 is 0 Å². The van der Waals surface area contributed by atoms with Crippen molar-refractivity contribution in [3.8, 4) is 0 Å². The summed E-state index contributed by atoms with van der Waals surface area (Å²) in [4.78, 5) is 14.9. The van der Waals surface area contributed by atoms with E-state index in [4.69, 9.17) is 0 Å². The van der Waals surface area contributed by atoms with Crippen molar-refractivity contribution in [2.45, 2.75) is 38.3 Å². The summed E-state index contributed by atoms with van der Waals surface area (Å²) in [5.74, 6) is -0.116. The van der Waals surface area contributed by atoms with Crippen LogP contribution in [-0.2, 0) is 0 Å². The van der Waals surface area contributed by atoms with E-state index in [2.05, 4.69) is 22.6 Å². The summed E-state index contributed by atoms with van der Waals surface area (Å²) in [7, 11) is 0. The molecule has 6 nitrogen and oxygen atoms in total. The van der Waals surface area contributed by atoms with Gasteiger partial charge in [0.05, 0.1) is 18.3 Å². The van der Waals surface area contributed by atoms with Gasteiger partial charge < -0.3 is 10.2 Å². The fraction of sp³-hybridized carbons (Fsp3) is 0.526. The summed E-state index contributed by atoms with van der Waals surface area (Å²) in [5, 5.41) is 11.7. The number of amides is 1. The van der Waals surface area contributed by atoms with E-state index in [-0.39, 0.29) is 36.1 Å². The van der Waals surface area contributed by atoms with Crippen LogP contribution in [-0.4, -0.2) is 45.4 Å². The Morgan fingerprint density at radius 3 is 2.78 bits per heavy atom. The first kappa shape index (κ1) is 19.8. The van der Waals surface area contributed by atoms with Gasteiger partial charge in [-0.3, -0.25) is 4.79 Å². The monoisotopic (exact) mass is 393 g/mol. The number of nitrogens with zero attached hydrogens (tertiary/aromatic N) is 4. The Morgan fingerprint density at radius 1 is 1.26 bits per heavy atom. The second-order valence-electron chi connectivity index (χ2n) is 7.33. The highest BCUT2D eigenvalue weighted by Gasteiger charge is 2.37. The van der Waals surface area contributed by atoms with Gasteiger partial charge in [0, 0.05) is 6.54 Å². The standard InChI is InChI=1S/C19H24FN5O.ClH/c1-13-7-10-24(18(13)14-3-2-4-15(20)11-14)19(26)17-12-25(23-22-17)16-5-8-21-9-6-16;/h2-4,11-13,16,18,21H,5-10H2,1H3;1H. The highest BCUT2D eigenvalue weighted by Crippen LogP contribution is 2.38. The van der Waals surface area contributed by atoms with Crippen molar-refractivity contribution >= 4 is 18.3 Å². The molecule has 0 bridgehead atoms. The Morgan fingerprint density at radius 2 is 2.04 bits per heavy atom. The molecule has 27 heavy (non-hydrogen) atoms. The minimum atomic E-state index is -0.272. The number of likely N-dealkylation sites (tertiary alicyclic amines) is 1. The first-order valence-corrected chi connectivity index (χ1v) is 9.32. The van der Waals surface area contributed by atoms with Gasteiger partial charge in [0.15, 0.2) is 5.69 Å². The molecule has 2 aliphatic heterocycles. The second kappa shape index (κ2) is 8.35. The Balaban J connectivity index is 0.00000210. The molecule has 0 radical (unpaired) electrons. The van der Waals surface area contributed by atoms with Crippen LogP contribution < -0.4 is 5.32 Å². The normalized spacial score (nSPS) is 23.3. The summed E-state index contributed by atoms with van der Waals surface area (Å²) in [5.41, 5.74) is 1.22. The smallest absolute Gasteiger partial charge is 0.276 e. The van der Waals surface area contributed by atoms with Gasteiger partial charge in [0.2, 0.25) is 0 Å². The predicted molar refractivity (Wildman–Crippen MR) is 102 cm³/mol. The van der Waals surface area contributed by atoms with Crippen LogP contribution in [0.15, 0.2) is 30.5 Å². The molecule has 4 rings (SSSR count). The molecule has 2 aromatic rings. The lowest BCUT2D eigenvalue weighted by Crippen LogP contribution is -2.32. The largest absolute Gasteiger partial charge is 0.330 e. The number of nitrogens with one attached hydrogen (secondary N) is 1. The topological polar surface area (TPSA) is 63.1 Å². The molecule has 2 aliphatic rings. The number of piperidine rings is 1. The van der Waals surface area contributed by atoms with E-state index in [0.717, 1.165) is 37.9 Å². The van der Waals surface area contributed by atoms with Crippen LogP contribution in [0, 0.1) is 11.7 Å². The van der Waals surface area contributed by atoms with Crippen LogP contribution >= 0.6 is 12.4 Å². The third kappa shape index (κ3) is 3.99. The van der Waals surface area contributed by atoms with Crippen molar-refractivity contribution in [2.24, 2.45) is 5.92 Å². The van der Waals surface area contributed by atoms with Gasteiger partial charge >= 0.3 is 0 Å². The van der Waals surface area contributed by atoms with Crippen LogP contribution in [0.25, 0.3) is 0 Å². The van der Waals surface area contributed by atoms with E-state index >= 15 is 0 Å². The minimum absolute atomic E-state index is 0. The Hall–Kier alpha value is -1.99. The molecule has 0 spiro atoms. The zero-order valence-electron chi connectivity index (χ0n) is 15.3. The molecule has 2 saturated heterocycles. The molecule has 2 atom stereocenters. The number of benzene rings is 1. The molecule has 3 heterocycles. The third-order valence-electron chi connectivity index (χ3n) is 5.56. The first-order chi connectivity index (χ1) is 12.6. The zero-order chi connectivity index (χ0) is 18.1.